The van der Waals surface area contributed by atoms with E-state index >= 15 is 0 Å². The highest BCUT2D eigenvalue weighted by Gasteiger charge is 2.37. The Labute approximate surface area is 392 Å². The van der Waals surface area contributed by atoms with Crippen LogP contribution in [-0.4, -0.2) is 66.1 Å². The SMILES string of the molecule is CCC1(COCCCCCOCc2ccc(-c3ccc(-c4c5ccccc5c(-c5ccc(COCCCCCOCC6(CC)COC6)cc5)c5ccccc45)c4ccccc34)cc2)COC1. The van der Waals surface area contributed by atoms with E-state index in [1.165, 1.54) is 76.8 Å². The monoisotopic (exact) mass is 885 g/mol. The molecular formula is C60H68O6. The molecule has 6 nitrogen and oxygen atoms in total. The predicted octanol–water partition coefficient (Wildman–Crippen LogP) is 14.4. The molecule has 344 valence electrons. The molecule has 0 atom stereocenters. The summed E-state index contributed by atoms with van der Waals surface area (Å²) in [7, 11) is 0. The van der Waals surface area contributed by atoms with Gasteiger partial charge < -0.3 is 28.4 Å². The number of hydrogen-bond donors (Lipinski definition) is 0. The highest BCUT2D eigenvalue weighted by Crippen LogP contribution is 2.46. The number of ether oxygens (including phenoxy) is 6. The van der Waals surface area contributed by atoms with Crippen LogP contribution in [0.15, 0.2) is 133 Å². The van der Waals surface area contributed by atoms with Crippen LogP contribution in [0.5, 0.6) is 0 Å². The molecule has 0 radical (unpaired) electrons. The molecular weight excluding hydrogens is 817 g/mol. The summed E-state index contributed by atoms with van der Waals surface area (Å²) >= 11 is 0. The van der Waals surface area contributed by atoms with Gasteiger partial charge in [-0.2, -0.15) is 0 Å². The lowest BCUT2D eigenvalue weighted by molar-refractivity contribution is -0.150. The number of benzene rings is 7. The molecule has 2 heterocycles. The predicted molar refractivity (Wildman–Crippen MR) is 271 cm³/mol. The zero-order valence-corrected chi connectivity index (χ0v) is 39.3. The second-order valence-corrected chi connectivity index (χ2v) is 19.0. The first kappa shape index (κ1) is 46.2. The lowest BCUT2D eigenvalue weighted by Crippen LogP contribution is -2.45. The summed E-state index contributed by atoms with van der Waals surface area (Å²) < 4.78 is 35.0. The number of rotatable bonds is 25. The third kappa shape index (κ3) is 10.6. The van der Waals surface area contributed by atoms with Gasteiger partial charge in [-0.3, -0.25) is 0 Å². The molecule has 9 rings (SSSR count). The molecule has 7 aromatic rings. The summed E-state index contributed by atoms with van der Waals surface area (Å²) in [6, 6.07) is 49.4. The maximum Gasteiger partial charge on any atom is 0.0716 e. The molecule has 6 heteroatoms. The Morgan fingerprint density at radius 1 is 0.379 bits per heavy atom. The van der Waals surface area contributed by atoms with Crippen molar-refractivity contribution < 1.29 is 28.4 Å². The molecule has 0 unspecified atom stereocenters. The lowest BCUT2D eigenvalue weighted by atomic mass is 9.83. The fourth-order valence-corrected chi connectivity index (χ4v) is 9.73. The van der Waals surface area contributed by atoms with Gasteiger partial charge in [0.2, 0.25) is 0 Å². The molecule has 2 fully saturated rings. The summed E-state index contributed by atoms with van der Waals surface area (Å²) in [5.74, 6) is 0. The minimum atomic E-state index is 0.263. The molecule has 0 amide bonds. The Hall–Kier alpha value is -4.92. The van der Waals surface area contributed by atoms with E-state index in [0.29, 0.717) is 13.2 Å². The first-order chi connectivity index (χ1) is 32.6. The fourth-order valence-electron chi connectivity index (χ4n) is 9.73. The van der Waals surface area contributed by atoms with E-state index in [2.05, 4.69) is 147 Å². The minimum Gasteiger partial charge on any atom is -0.381 e. The molecule has 2 saturated heterocycles. The molecule has 0 spiro atoms. The van der Waals surface area contributed by atoms with Gasteiger partial charge in [0.25, 0.3) is 0 Å². The third-order valence-corrected chi connectivity index (χ3v) is 14.3. The van der Waals surface area contributed by atoms with Crippen molar-refractivity contribution in [2.24, 2.45) is 10.8 Å². The van der Waals surface area contributed by atoms with Gasteiger partial charge in [0.05, 0.1) is 52.9 Å². The number of unbranched alkanes of at least 4 members (excludes halogenated alkanes) is 4. The highest BCUT2D eigenvalue weighted by molar-refractivity contribution is 6.24. The Morgan fingerprint density at radius 3 is 1.18 bits per heavy atom. The van der Waals surface area contributed by atoms with Crippen LogP contribution in [0.1, 0.15) is 76.3 Å². The minimum absolute atomic E-state index is 0.263. The van der Waals surface area contributed by atoms with E-state index in [0.717, 1.165) is 117 Å². The standard InChI is InChI=1S/C60H68O6/c1-3-59(41-65-42-59)39-63-35-15-5-13-33-61-37-45-23-27-47(28-24-45)49-31-32-56(51-18-8-7-17-50(49)51)58-54-21-11-9-19-52(54)57(53-20-10-12-22-55(53)58)48-29-25-46(26-30-48)38-62-34-14-6-16-36-64-40-60(4-2)43-66-44-60/h7-12,17-32H,3-6,13-16,33-44H2,1-2H3. The molecule has 0 aromatic heterocycles. The normalized spacial score (nSPS) is 15.3. The van der Waals surface area contributed by atoms with Crippen LogP contribution in [-0.2, 0) is 41.6 Å². The van der Waals surface area contributed by atoms with E-state index in [9.17, 15) is 0 Å². The van der Waals surface area contributed by atoms with Gasteiger partial charge in [0.1, 0.15) is 0 Å². The maximum absolute atomic E-state index is 6.13. The molecule has 0 aliphatic carbocycles. The van der Waals surface area contributed by atoms with Crippen LogP contribution < -0.4 is 0 Å². The van der Waals surface area contributed by atoms with Crippen LogP contribution in [0.25, 0.3) is 65.7 Å². The first-order valence-corrected chi connectivity index (χ1v) is 24.7. The third-order valence-electron chi connectivity index (χ3n) is 14.3. The lowest BCUT2D eigenvalue weighted by Gasteiger charge is -2.40. The van der Waals surface area contributed by atoms with Crippen molar-refractivity contribution in [1.29, 1.82) is 0 Å². The van der Waals surface area contributed by atoms with Gasteiger partial charge in [-0.05, 0) is 128 Å². The van der Waals surface area contributed by atoms with E-state index in [1.807, 2.05) is 0 Å². The average Bonchev–Trinajstić information content (AvgIpc) is 3.34. The van der Waals surface area contributed by atoms with Crippen LogP contribution in [0.4, 0.5) is 0 Å². The van der Waals surface area contributed by atoms with Crippen molar-refractivity contribution >= 4 is 32.3 Å². The molecule has 66 heavy (non-hydrogen) atoms. The summed E-state index contributed by atoms with van der Waals surface area (Å²) in [5, 5.41) is 7.52. The van der Waals surface area contributed by atoms with Crippen molar-refractivity contribution in [3.63, 3.8) is 0 Å². The average molecular weight is 885 g/mol. The zero-order valence-electron chi connectivity index (χ0n) is 39.3. The van der Waals surface area contributed by atoms with Crippen molar-refractivity contribution in [2.45, 2.75) is 78.4 Å². The molecule has 0 bridgehead atoms. The van der Waals surface area contributed by atoms with Crippen LogP contribution >= 0.6 is 0 Å². The van der Waals surface area contributed by atoms with E-state index in [-0.39, 0.29) is 10.8 Å². The van der Waals surface area contributed by atoms with Crippen molar-refractivity contribution in [3.05, 3.63) is 145 Å². The summed E-state index contributed by atoms with van der Waals surface area (Å²) in [4.78, 5) is 0. The van der Waals surface area contributed by atoms with Crippen LogP contribution in [0.2, 0.25) is 0 Å². The Morgan fingerprint density at radius 2 is 0.758 bits per heavy atom. The van der Waals surface area contributed by atoms with Crippen LogP contribution in [0, 0.1) is 10.8 Å². The van der Waals surface area contributed by atoms with E-state index in [1.54, 1.807) is 0 Å². The first-order valence-electron chi connectivity index (χ1n) is 24.7. The van der Waals surface area contributed by atoms with E-state index < -0.39 is 0 Å². The molecule has 2 aliphatic rings. The fraction of sp³-hybridized carbons (Fsp3) is 0.400. The maximum atomic E-state index is 6.13. The largest absolute Gasteiger partial charge is 0.381 e. The number of fused-ring (bicyclic) bond motifs is 3. The number of hydrogen-bond acceptors (Lipinski definition) is 6. The van der Waals surface area contributed by atoms with Gasteiger partial charge >= 0.3 is 0 Å². The summed E-state index contributed by atoms with van der Waals surface area (Å²) in [5.41, 5.74) is 10.4. The topological polar surface area (TPSA) is 55.4 Å². The second-order valence-electron chi connectivity index (χ2n) is 19.0. The van der Waals surface area contributed by atoms with Crippen molar-refractivity contribution in [1.82, 2.24) is 0 Å². The Kier molecular flexibility index (Phi) is 15.6. The summed E-state index contributed by atoms with van der Waals surface area (Å²) in [6.45, 7) is 13.9. The highest BCUT2D eigenvalue weighted by atomic mass is 16.5. The quantitative estimate of drug-likeness (QED) is 0.0421. The Balaban J connectivity index is 0.847. The van der Waals surface area contributed by atoms with Gasteiger partial charge in [0.15, 0.2) is 0 Å². The summed E-state index contributed by atoms with van der Waals surface area (Å²) in [6.07, 6.45) is 8.72. The van der Waals surface area contributed by atoms with Gasteiger partial charge in [-0.1, -0.05) is 147 Å². The van der Waals surface area contributed by atoms with Gasteiger partial charge in [-0.15, -0.1) is 0 Å². The van der Waals surface area contributed by atoms with Crippen molar-refractivity contribution in [3.8, 4) is 33.4 Å². The molecule has 7 aromatic carbocycles. The second kappa shape index (κ2) is 22.3. The molecule has 0 N–H and O–H groups in total. The van der Waals surface area contributed by atoms with Crippen LogP contribution in [0.3, 0.4) is 0 Å². The molecule has 2 aliphatic heterocycles. The Bertz CT molecular complexity index is 2570. The molecule has 0 saturated carbocycles. The van der Waals surface area contributed by atoms with Gasteiger partial charge in [0, 0.05) is 37.3 Å². The van der Waals surface area contributed by atoms with Crippen molar-refractivity contribution in [2.75, 3.05) is 66.1 Å². The van der Waals surface area contributed by atoms with Gasteiger partial charge in [-0.25, -0.2) is 0 Å². The van der Waals surface area contributed by atoms with E-state index in [4.69, 9.17) is 28.4 Å². The smallest absolute Gasteiger partial charge is 0.0716 e. The zero-order chi connectivity index (χ0) is 45.0.